The second-order valence-corrected chi connectivity index (χ2v) is 6.64. The summed E-state index contributed by atoms with van der Waals surface area (Å²) < 4.78 is 46.9. The third kappa shape index (κ3) is 4.15. The molecule has 0 saturated carbocycles. The average Bonchev–Trinajstić information content (AvgIpc) is 2.59. The molecule has 0 aliphatic carbocycles. The molecule has 0 radical (unpaired) electrons. The molecule has 1 aliphatic heterocycles. The summed E-state index contributed by atoms with van der Waals surface area (Å²) in [7, 11) is 1.05. The Hall–Kier alpha value is -1.77. The maximum atomic E-state index is 12.3. The lowest BCUT2D eigenvalue weighted by atomic mass is 10.2. The van der Waals surface area contributed by atoms with Crippen molar-refractivity contribution in [1.82, 2.24) is 4.31 Å². The standard InChI is InChI=1S/C15H21NO6S/c1-19-13-10-12(11-14(20-2)15(13)21-3)4-9-23(17,18)16-5-7-22-8-6-16/h4,9-11H,5-8H2,1-3H3/b9-4+. The molecule has 0 bridgehead atoms. The minimum atomic E-state index is -3.48. The first-order valence-electron chi connectivity index (χ1n) is 7.08. The highest BCUT2D eigenvalue weighted by Gasteiger charge is 2.21. The molecule has 0 unspecified atom stereocenters. The summed E-state index contributed by atoms with van der Waals surface area (Å²) in [5.41, 5.74) is 0.635. The van der Waals surface area contributed by atoms with E-state index < -0.39 is 10.0 Å². The van der Waals surface area contributed by atoms with Crippen molar-refractivity contribution < 1.29 is 27.4 Å². The summed E-state index contributed by atoms with van der Waals surface area (Å²) in [6, 6.07) is 3.37. The van der Waals surface area contributed by atoms with E-state index >= 15 is 0 Å². The highest BCUT2D eigenvalue weighted by Crippen LogP contribution is 2.38. The van der Waals surface area contributed by atoms with E-state index in [4.69, 9.17) is 18.9 Å². The van der Waals surface area contributed by atoms with Gasteiger partial charge in [-0.2, -0.15) is 4.31 Å². The van der Waals surface area contributed by atoms with Gasteiger partial charge in [0.05, 0.1) is 34.5 Å². The van der Waals surface area contributed by atoms with Crippen molar-refractivity contribution in [2.45, 2.75) is 0 Å². The van der Waals surface area contributed by atoms with Crippen LogP contribution in [0.2, 0.25) is 0 Å². The molecule has 0 atom stereocenters. The summed E-state index contributed by atoms with van der Waals surface area (Å²) in [5.74, 6) is 1.40. The van der Waals surface area contributed by atoms with Gasteiger partial charge >= 0.3 is 0 Å². The molecular formula is C15H21NO6S. The first-order valence-corrected chi connectivity index (χ1v) is 8.58. The van der Waals surface area contributed by atoms with Gasteiger partial charge in [-0.3, -0.25) is 0 Å². The Labute approximate surface area is 136 Å². The lowest BCUT2D eigenvalue weighted by Crippen LogP contribution is -2.39. The van der Waals surface area contributed by atoms with E-state index in [2.05, 4.69) is 0 Å². The number of methoxy groups -OCH3 is 3. The SMILES string of the molecule is COc1cc(/C=C/S(=O)(=O)N2CCOCC2)cc(OC)c1OC. The molecule has 1 aromatic carbocycles. The Bertz CT molecular complexity index is 640. The first-order chi connectivity index (χ1) is 11.0. The van der Waals surface area contributed by atoms with E-state index in [9.17, 15) is 8.42 Å². The van der Waals surface area contributed by atoms with Gasteiger partial charge in [-0.1, -0.05) is 0 Å². The van der Waals surface area contributed by atoms with Crippen LogP contribution in [-0.4, -0.2) is 60.4 Å². The van der Waals surface area contributed by atoms with Crippen LogP contribution in [0.5, 0.6) is 17.2 Å². The van der Waals surface area contributed by atoms with Gasteiger partial charge in [-0.15, -0.1) is 0 Å². The van der Waals surface area contributed by atoms with E-state index in [1.54, 1.807) is 12.1 Å². The van der Waals surface area contributed by atoms with Crippen molar-refractivity contribution in [3.63, 3.8) is 0 Å². The smallest absolute Gasteiger partial charge is 0.236 e. The van der Waals surface area contributed by atoms with Gasteiger partial charge in [0, 0.05) is 18.5 Å². The molecule has 0 amide bonds. The fourth-order valence-electron chi connectivity index (χ4n) is 2.25. The van der Waals surface area contributed by atoms with Crippen LogP contribution >= 0.6 is 0 Å². The van der Waals surface area contributed by atoms with Gasteiger partial charge in [0.2, 0.25) is 15.8 Å². The molecular weight excluding hydrogens is 322 g/mol. The number of hydrogen-bond donors (Lipinski definition) is 0. The summed E-state index contributed by atoms with van der Waals surface area (Å²) in [4.78, 5) is 0. The predicted octanol–water partition coefficient (Wildman–Crippen LogP) is 1.35. The third-order valence-corrected chi connectivity index (χ3v) is 5.01. The lowest BCUT2D eigenvalue weighted by molar-refractivity contribution is 0.0736. The molecule has 1 aliphatic rings. The zero-order chi connectivity index (χ0) is 16.9. The van der Waals surface area contributed by atoms with Crippen LogP contribution in [0.1, 0.15) is 5.56 Å². The lowest BCUT2D eigenvalue weighted by Gasteiger charge is -2.24. The molecule has 0 aromatic heterocycles. The van der Waals surface area contributed by atoms with Gasteiger partial charge in [0.25, 0.3) is 0 Å². The molecule has 1 saturated heterocycles. The van der Waals surface area contributed by atoms with E-state index in [1.807, 2.05) is 0 Å². The predicted molar refractivity (Wildman–Crippen MR) is 86.4 cm³/mol. The van der Waals surface area contributed by atoms with Crippen LogP contribution in [0.3, 0.4) is 0 Å². The van der Waals surface area contributed by atoms with Gasteiger partial charge in [-0.05, 0) is 23.8 Å². The van der Waals surface area contributed by atoms with E-state index in [0.717, 1.165) is 0 Å². The molecule has 23 heavy (non-hydrogen) atoms. The number of rotatable bonds is 6. The van der Waals surface area contributed by atoms with Gasteiger partial charge in [0.15, 0.2) is 11.5 Å². The molecule has 2 rings (SSSR count). The Morgan fingerprint density at radius 3 is 2.09 bits per heavy atom. The average molecular weight is 343 g/mol. The van der Waals surface area contributed by atoms with Crippen LogP contribution in [0.4, 0.5) is 0 Å². The summed E-state index contributed by atoms with van der Waals surface area (Å²) in [6.07, 6.45) is 1.51. The van der Waals surface area contributed by atoms with Gasteiger partial charge < -0.3 is 18.9 Å². The van der Waals surface area contributed by atoms with Crippen molar-refractivity contribution in [3.8, 4) is 17.2 Å². The van der Waals surface area contributed by atoms with Crippen molar-refractivity contribution in [2.75, 3.05) is 47.6 Å². The molecule has 0 spiro atoms. The monoisotopic (exact) mass is 343 g/mol. The quantitative estimate of drug-likeness (QED) is 0.776. The largest absolute Gasteiger partial charge is 0.493 e. The second-order valence-electron chi connectivity index (χ2n) is 4.82. The van der Waals surface area contributed by atoms with Crippen molar-refractivity contribution in [3.05, 3.63) is 23.1 Å². The highest BCUT2D eigenvalue weighted by atomic mass is 32.2. The molecule has 7 nitrogen and oxygen atoms in total. The zero-order valence-corrected chi connectivity index (χ0v) is 14.3. The highest BCUT2D eigenvalue weighted by molar-refractivity contribution is 7.92. The number of sulfonamides is 1. The summed E-state index contributed by atoms with van der Waals surface area (Å²) >= 11 is 0. The van der Waals surface area contributed by atoms with E-state index in [0.29, 0.717) is 49.1 Å². The number of hydrogen-bond acceptors (Lipinski definition) is 6. The topological polar surface area (TPSA) is 74.3 Å². The maximum Gasteiger partial charge on any atom is 0.236 e. The van der Waals surface area contributed by atoms with Gasteiger partial charge in [-0.25, -0.2) is 8.42 Å². The van der Waals surface area contributed by atoms with Crippen LogP contribution in [0.25, 0.3) is 6.08 Å². The van der Waals surface area contributed by atoms with Crippen LogP contribution in [-0.2, 0) is 14.8 Å². The fraction of sp³-hybridized carbons (Fsp3) is 0.467. The van der Waals surface area contributed by atoms with Gasteiger partial charge in [0.1, 0.15) is 0 Å². The fourth-order valence-corrected chi connectivity index (χ4v) is 3.41. The minimum Gasteiger partial charge on any atom is -0.493 e. The normalized spacial score (nSPS) is 16.5. The number of ether oxygens (including phenoxy) is 4. The van der Waals surface area contributed by atoms with Crippen molar-refractivity contribution >= 4 is 16.1 Å². The maximum absolute atomic E-state index is 12.3. The van der Waals surface area contributed by atoms with E-state index in [1.165, 1.54) is 37.1 Å². The molecule has 8 heteroatoms. The number of benzene rings is 1. The van der Waals surface area contributed by atoms with Crippen LogP contribution in [0.15, 0.2) is 17.5 Å². The third-order valence-electron chi connectivity index (χ3n) is 3.45. The number of nitrogens with zero attached hydrogens (tertiary/aromatic N) is 1. The molecule has 128 valence electrons. The minimum absolute atomic E-state index is 0.363. The van der Waals surface area contributed by atoms with Crippen molar-refractivity contribution in [2.24, 2.45) is 0 Å². The molecule has 0 N–H and O–H groups in total. The Balaban J connectivity index is 2.28. The zero-order valence-electron chi connectivity index (χ0n) is 13.4. The van der Waals surface area contributed by atoms with E-state index in [-0.39, 0.29) is 0 Å². The number of morpholine rings is 1. The Morgan fingerprint density at radius 2 is 1.61 bits per heavy atom. The first kappa shape index (κ1) is 17.6. The summed E-state index contributed by atoms with van der Waals surface area (Å²) in [6.45, 7) is 1.55. The van der Waals surface area contributed by atoms with Crippen LogP contribution < -0.4 is 14.2 Å². The Morgan fingerprint density at radius 1 is 1.04 bits per heavy atom. The summed E-state index contributed by atoms with van der Waals surface area (Å²) in [5, 5.41) is 1.18. The van der Waals surface area contributed by atoms with Crippen molar-refractivity contribution in [1.29, 1.82) is 0 Å². The Kier molecular flexibility index (Phi) is 5.86. The molecule has 1 aromatic rings. The second kappa shape index (κ2) is 7.67. The molecule has 1 fully saturated rings. The molecule has 1 heterocycles. The van der Waals surface area contributed by atoms with Crippen LogP contribution in [0, 0.1) is 0 Å².